The number of likely N-dealkylation sites (tertiary alicyclic amines) is 1. The van der Waals surface area contributed by atoms with Crippen LogP contribution in [0.4, 0.5) is 5.13 Å². The minimum atomic E-state index is -0.133. The standard InChI is InChI=1S/C18H28N6OS2/c1-4-5-15-21-22-18(26)24(15)10-16(25)20-17-19-14(11-27-17)9-23-7-12(2)6-13(3)8-23/h11-13H,4-10H2,1-3H3,(H,22,26)(H,19,20,25). The van der Waals surface area contributed by atoms with Gasteiger partial charge in [0.15, 0.2) is 9.90 Å². The number of hydrogen-bond acceptors (Lipinski definition) is 6. The number of anilines is 1. The molecule has 0 saturated carbocycles. The van der Waals surface area contributed by atoms with Crippen molar-refractivity contribution in [1.29, 1.82) is 0 Å². The molecule has 1 fully saturated rings. The Balaban J connectivity index is 1.57. The van der Waals surface area contributed by atoms with E-state index >= 15 is 0 Å². The summed E-state index contributed by atoms with van der Waals surface area (Å²) >= 11 is 6.70. The van der Waals surface area contributed by atoms with Gasteiger partial charge in [-0.05, 0) is 36.9 Å². The third kappa shape index (κ3) is 5.46. The molecule has 1 aliphatic rings. The molecule has 0 spiro atoms. The van der Waals surface area contributed by atoms with Crippen molar-refractivity contribution in [3.05, 3.63) is 21.7 Å². The van der Waals surface area contributed by atoms with Gasteiger partial charge in [0.25, 0.3) is 0 Å². The van der Waals surface area contributed by atoms with Gasteiger partial charge in [-0.15, -0.1) is 11.3 Å². The highest BCUT2D eigenvalue weighted by Crippen LogP contribution is 2.24. The van der Waals surface area contributed by atoms with Gasteiger partial charge in [-0.2, -0.15) is 5.10 Å². The highest BCUT2D eigenvalue weighted by molar-refractivity contribution is 7.71. The third-order valence-electron chi connectivity index (χ3n) is 4.74. The molecular formula is C18H28N6OS2. The number of aromatic amines is 1. The largest absolute Gasteiger partial charge is 0.300 e. The first-order valence-electron chi connectivity index (χ1n) is 9.55. The number of hydrogen-bond donors (Lipinski definition) is 2. The second-order valence-electron chi connectivity index (χ2n) is 7.61. The van der Waals surface area contributed by atoms with Crippen molar-refractivity contribution in [2.24, 2.45) is 11.8 Å². The molecule has 0 bridgehead atoms. The first-order chi connectivity index (χ1) is 12.9. The van der Waals surface area contributed by atoms with Gasteiger partial charge in [0, 0.05) is 31.4 Å². The maximum absolute atomic E-state index is 12.4. The summed E-state index contributed by atoms with van der Waals surface area (Å²) < 4.78 is 2.22. The van der Waals surface area contributed by atoms with E-state index in [4.69, 9.17) is 12.2 Å². The fourth-order valence-electron chi connectivity index (χ4n) is 3.82. The zero-order valence-electron chi connectivity index (χ0n) is 16.2. The van der Waals surface area contributed by atoms with Crippen LogP contribution in [0.2, 0.25) is 0 Å². The van der Waals surface area contributed by atoms with Gasteiger partial charge in [0.2, 0.25) is 5.91 Å². The molecule has 1 amide bonds. The van der Waals surface area contributed by atoms with Crippen LogP contribution in [0.3, 0.4) is 0 Å². The molecule has 2 N–H and O–H groups in total. The molecule has 1 saturated heterocycles. The monoisotopic (exact) mass is 408 g/mol. The van der Waals surface area contributed by atoms with Gasteiger partial charge in [0.1, 0.15) is 12.4 Å². The number of carbonyl (C=O) groups is 1. The molecule has 2 aromatic heterocycles. The Labute approximate surface area is 169 Å². The number of rotatable bonds is 7. The molecule has 2 aromatic rings. The molecule has 2 unspecified atom stereocenters. The molecule has 0 aromatic carbocycles. The molecule has 3 heterocycles. The number of nitrogens with zero attached hydrogens (tertiary/aromatic N) is 4. The second kappa shape index (κ2) is 9.07. The molecule has 7 nitrogen and oxygen atoms in total. The number of H-pyrrole nitrogens is 1. The fourth-order valence-corrected chi connectivity index (χ4v) is 4.75. The Hall–Kier alpha value is -1.58. The van der Waals surface area contributed by atoms with Crippen LogP contribution in [0.5, 0.6) is 0 Å². The van der Waals surface area contributed by atoms with E-state index in [2.05, 4.69) is 46.2 Å². The zero-order valence-corrected chi connectivity index (χ0v) is 17.8. The van der Waals surface area contributed by atoms with Crippen LogP contribution >= 0.6 is 23.6 Å². The molecule has 9 heteroatoms. The van der Waals surface area contributed by atoms with Gasteiger partial charge in [0.05, 0.1) is 5.69 Å². The molecule has 2 atom stereocenters. The lowest BCUT2D eigenvalue weighted by Gasteiger charge is -2.34. The van der Waals surface area contributed by atoms with Crippen molar-refractivity contribution in [2.75, 3.05) is 18.4 Å². The predicted molar refractivity (Wildman–Crippen MR) is 110 cm³/mol. The molecule has 148 valence electrons. The Bertz CT molecular complexity index is 816. The summed E-state index contributed by atoms with van der Waals surface area (Å²) in [6.45, 7) is 9.91. The van der Waals surface area contributed by atoms with Crippen LogP contribution in [0, 0.1) is 16.6 Å². The second-order valence-corrected chi connectivity index (χ2v) is 8.86. The molecule has 27 heavy (non-hydrogen) atoms. The summed E-state index contributed by atoms with van der Waals surface area (Å²) in [5, 5.41) is 12.5. The van der Waals surface area contributed by atoms with Crippen LogP contribution in [0.1, 0.15) is 45.1 Å². The smallest absolute Gasteiger partial charge is 0.246 e. The highest BCUT2D eigenvalue weighted by Gasteiger charge is 2.22. The number of nitrogens with one attached hydrogen (secondary N) is 2. The maximum atomic E-state index is 12.4. The Kier molecular flexibility index (Phi) is 6.78. The average molecular weight is 409 g/mol. The van der Waals surface area contributed by atoms with Crippen molar-refractivity contribution in [3.63, 3.8) is 0 Å². The number of aromatic nitrogens is 4. The molecule has 1 aliphatic heterocycles. The SMILES string of the molecule is CCCc1n[nH]c(=S)n1CC(=O)Nc1nc(CN2CC(C)CC(C)C2)cs1. The summed E-state index contributed by atoms with van der Waals surface area (Å²) in [4.78, 5) is 19.5. The van der Waals surface area contributed by atoms with E-state index in [9.17, 15) is 4.79 Å². The topological polar surface area (TPSA) is 78.8 Å². The average Bonchev–Trinajstić information content (AvgIpc) is 3.15. The van der Waals surface area contributed by atoms with Crippen LogP contribution in [0.25, 0.3) is 0 Å². The van der Waals surface area contributed by atoms with E-state index in [1.165, 1.54) is 17.8 Å². The van der Waals surface area contributed by atoms with Crippen molar-refractivity contribution in [1.82, 2.24) is 24.6 Å². The van der Waals surface area contributed by atoms with E-state index in [1.54, 1.807) is 4.57 Å². The number of piperidine rings is 1. The maximum Gasteiger partial charge on any atom is 0.246 e. The van der Waals surface area contributed by atoms with Crippen LogP contribution in [-0.2, 0) is 24.3 Å². The van der Waals surface area contributed by atoms with E-state index in [0.717, 1.165) is 55.8 Å². The van der Waals surface area contributed by atoms with Crippen LogP contribution in [-0.4, -0.2) is 43.6 Å². The normalized spacial score (nSPS) is 20.7. The number of thiazole rings is 1. The van der Waals surface area contributed by atoms with Gasteiger partial charge >= 0.3 is 0 Å². The van der Waals surface area contributed by atoms with Crippen LogP contribution in [0.15, 0.2) is 5.38 Å². The summed E-state index contributed by atoms with van der Waals surface area (Å²) in [5.74, 6) is 2.13. The number of carbonyl (C=O) groups excluding carboxylic acids is 1. The Morgan fingerprint density at radius 2 is 2.15 bits per heavy atom. The van der Waals surface area contributed by atoms with Crippen molar-refractivity contribution < 1.29 is 4.79 Å². The molecule has 0 aliphatic carbocycles. The van der Waals surface area contributed by atoms with E-state index < -0.39 is 0 Å². The first-order valence-corrected chi connectivity index (χ1v) is 10.8. The quantitative estimate of drug-likeness (QED) is 0.686. The molecular weight excluding hydrogens is 380 g/mol. The van der Waals surface area contributed by atoms with Crippen LogP contribution < -0.4 is 5.32 Å². The van der Waals surface area contributed by atoms with Crippen molar-refractivity contribution in [3.8, 4) is 0 Å². The zero-order chi connectivity index (χ0) is 19.4. The Morgan fingerprint density at radius 3 is 2.85 bits per heavy atom. The first kappa shape index (κ1) is 20.2. The number of aryl methyl sites for hydroxylation is 1. The molecule has 3 rings (SSSR count). The lowest BCUT2D eigenvalue weighted by Crippen LogP contribution is -2.38. The highest BCUT2D eigenvalue weighted by atomic mass is 32.1. The minimum Gasteiger partial charge on any atom is -0.300 e. The summed E-state index contributed by atoms with van der Waals surface area (Å²) in [5.41, 5.74) is 1.02. The lowest BCUT2D eigenvalue weighted by atomic mass is 9.92. The van der Waals surface area contributed by atoms with Gasteiger partial charge in [-0.3, -0.25) is 19.4 Å². The van der Waals surface area contributed by atoms with Gasteiger partial charge < -0.3 is 5.32 Å². The lowest BCUT2D eigenvalue weighted by molar-refractivity contribution is -0.116. The van der Waals surface area contributed by atoms with E-state index in [-0.39, 0.29) is 12.5 Å². The van der Waals surface area contributed by atoms with E-state index in [0.29, 0.717) is 9.90 Å². The fraction of sp³-hybridized carbons (Fsp3) is 0.667. The van der Waals surface area contributed by atoms with Crippen molar-refractivity contribution in [2.45, 2.75) is 53.1 Å². The third-order valence-corrected chi connectivity index (χ3v) is 5.86. The van der Waals surface area contributed by atoms with Gasteiger partial charge in [-0.25, -0.2) is 4.98 Å². The molecule has 0 radical (unpaired) electrons. The Morgan fingerprint density at radius 1 is 1.41 bits per heavy atom. The van der Waals surface area contributed by atoms with Gasteiger partial charge in [-0.1, -0.05) is 20.8 Å². The minimum absolute atomic E-state index is 0.133. The number of amides is 1. The summed E-state index contributed by atoms with van der Waals surface area (Å²) in [7, 11) is 0. The summed E-state index contributed by atoms with van der Waals surface area (Å²) in [6.07, 6.45) is 3.03. The predicted octanol–water partition coefficient (Wildman–Crippen LogP) is 3.47. The van der Waals surface area contributed by atoms with Crippen molar-refractivity contribution >= 4 is 34.6 Å². The summed E-state index contributed by atoms with van der Waals surface area (Å²) in [6, 6.07) is 0. The van der Waals surface area contributed by atoms with E-state index in [1.807, 2.05) is 5.38 Å².